The van der Waals surface area contributed by atoms with Crippen LogP contribution in [0.3, 0.4) is 0 Å². The van der Waals surface area contributed by atoms with Crippen LogP contribution in [-0.4, -0.2) is 28.7 Å². The highest BCUT2D eigenvalue weighted by Gasteiger charge is 2.43. The zero-order chi connectivity index (χ0) is 21.3. The lowest BCUT2D eigenvalue weighted by Crippen LogP contribution is -2.55. The van der Waals surface area contributed by atoms with Gasteiger partial charge in [-0.15, -0.1) is 0 Å². The highest BCUT2D eigenvalue weighted by atomic mass is 16.5. The van der Waals surface area contributed by atoms with Gasteiger partial charge in [-0.2, -0.15) is 0 Å². The summed E-state index contributed by atoms with van der Waals surface area (Å²) in [5.41, 5.74) is 5.57. The van der Waals surface area contributed by atoms with Crippen molar-refractivity contribution in [2.24, 2.45) is 17.3 Å². The van der Waals surface area contributed by atoms with E-state index < -0.39 is 0 Å². The molecule has 2 aromatic rings. The molecule has 164 valence electrons. The molecule has 5 rings (SSSR count). The molecule has 2 aliphatic heterocycles. The molecule has 1 aromatic carbocycles. The molecule has 0 saturated carbocycles. The molecule has 3 nitrogen and oxygen atoms in total. The van der Waals surface area contributed by atoms with Crippen LogP contribution in [0.2, 0.25) is 0 Å². The Morgan fingerprint density at radius 1 is 1.00 bits per heavy atom. The molecule has 30 heavy (non-hydrogen) atoms. The lowest BCUT2D eigenvalue weighted by Gasteiger charge is -2.52. The molecule has 3 heterocycles. The first-order chi connectivity index (χ1) is 14.1. The van der Waals surface area contributed by atoms with Gasteiger partial charge in [0, 0.05) is 35.0 Å². The van der Waals surface area contributed by atoms with E-state index in [-0.39, 0.29) is 5.41 Å². The van der Waals surface area contributed by atoms with Crippen molar-refractivity contribution in [2.45, 2.75) is 104 Å². The third-order valence-corrected chi connectivity index (χ3v) is 8.37. The summed E-state index contributed by atoms with van der Waals surface area (Å²) in [7, 11) is 0. The average Bonchev–Trinajstić information content (AvgIpc) is 3.22. The van der Waals surface area contributed by atoms with E-state index in [4.69, 9.17) is 4.52 Å². The lowest BCUT2D eigenvalue weighted by atomic mass is 9.68. The first kappa shape index (κ1) is 20.5. The fraction of sp³-hybridized carbons (Fsp3) is 0.741. The molecule has 0 spiro atoms. The SMILES string of the molecule is CC(C)(C)c1noc2c3c(ccc12)C[C@H](CN1C2CCCC1CC(C(C)(C)C)C2)C3. The number of fused-ring (bicyclic) bond motifs is 5. The number of rotatable bonds is 2. The molecule has 0 radical (unpaired) electrons. The first-order valence-electron chi connectivity index (χ1n) is 12.3. The molecule has 1 aliphatic carbocycles. The predicted molar refractivity (Wildman–Crippen MR) is 124 cm³/mol. The van der Waals surface area contributed by atoms with Crippen molar-refractivity contribution in [1.82, 2.24) is 10.1 Å². The summed E-state index contributed by atoms with van der Waals surface area (Å²) in [6.07, 6.45) is 9.41. The van der Waals surface area contributed by atoms with Gasteiger partial charge < -0.3 is 4.52 Å². The van der Waals surface area contributed by atoms with Gasteiger partial charge in [0.1, 0.15) is 0 Å². The van der Waals surface area contributed by atoms with Crippen molar-refractivity contribution >= 4 is 11.0 Å². The summed E-state index contributed by atoms with van der Waals surface area (Å²) in [5, 5.41) is 5.70. The van der Waals surface area contributed by atoms with Crippen LogP contribution < -0.4 is 0 Å². The van der Waals surface area contributed by atoms with Crippen molar-refractivity contribution in [3.05, 3.63) is 29.0 Å². The van der Waals surface area contributed by atoms with Crippen molar-refractivity contribution in [3.8, 4) is 0 Å². The minimum Gasteiger partial charge on any atom is -0.356 e. The number of hydrogen-bond donors (Lipinski definition) is 0. The van der Waals surface area contributed by atoms with E-state index in [1.54, 1.807) is 0 Å². The molecular weight excluding hydrogens is 368 g/mol. The third-order valence-electron chi connectivity index (χ3n) is 8.37. The van der Waals surface area contributed by atoms with Gasteiger partial charge in [0.25, 0.3) is 0 Å². The van der Waals surface area contributed by atoms with Crippen LogP contribution in [0.1, 0.15) is 90.5 Å². The van der Waals surface area contributed by atoms with Crippen LogP contribution >= 0.6 is 0 Å². The van der Waals surface area contributed by atoms with Gasteiger partial charge in [0.05, 0.1) is 5.69 Å². The van der Waals surface area contributed by atoms with Gasteiger partial charge in [-0.05, 0) is 67.4 Å². The van der Waals surface area contributed by atoms with Gasteiger partial charge in [0.2, 0.25) is 0 Å². The topological polar surface area (TPSA) is 29.3 Å². The zero-order valence-corrected chi connectivity index (χ0v) is 19.9. The van der Waals surface area contributed by atoms with Crippen molar-refractivity contribution in [1.29, 1.82) is 0 Å². The average molecular weight is 409 g/mol. The maximum atomic E-state index is 5.92. The fourth-order valence-electron chi connectivity index (χ4n) is 6.64. The molecule has 0 amide bonds. The standard InChI is InChI=1S/C27H40N2O/c1-26(2,3)19-14-20-8-7-9-21(15-19)29(20)16-17-12-18-10-11-22-24(23(18)13-17)30-28-25(22)27(4,5)6/h10-11,17,19-21H,7-9,12-16H2,1-6H3/t17-,19?,20?,21?/m0/s1. The molecular formula is C27H40N2O. The Morgan fingerprint density at radius 2 is 1.70 bits per heavy atom. The van der Waals surface area contributed by atoms with E-state index in [1.165, 1.54) is 61.6 Å². The van der Waals surface area contributed by atoms with E-state index in [9.17, 15) is 0 Å². The van der Waals surface area contributed by atoms with Crippen LogP contribution in [-0.2, 0) is 18.3 Å². The summed E-state index contributed by atoms with van der Waals surface area (Å²) in [6, 6.07) is 6.24. The summed E-state index contributed by atoms with van der Waals surface area (Å²) in [5.74, 6) is 1.61. The maximum Gasteiger partial charge on any atom is 0.170 e. The van der Waals surface area contributed by atoms with Gasteiger partial charge in [-0.25, -0.2) is 0 Å². The van der Waals surface area contributed by atoms with Crippen LogP contribution in [0, 0.1) is 17.3 Å². The van der Waals surface area contributed by atoms with Crippen LogP contribution in [0.15, 0.2) is 16.7 Å². The summed E-state index contributed by atoms with van der Waals surface area (Å²) in [4.78, 5) is 2.93. The monoisotopic (exact) mass is 408 g/mol. The largest absolute Gasteiger partial charge is 0.356 e. The van der Waals surface area contributed by atoms with Crippen LogP contribution in [0.25, 0.3) is 11.0 Å². The molecule has 3 heteroatoms. The van der Waals surface area contributed by atoms with E-state index in [1.807, 2.05) is 0 Å². The molecule has 2 fully saturated rings. The Kier molecular flexibility index (Phi) is 4.85. The van der Waals surface area contributed by atoms with Crippen molar-refractivity contribution in [3.63, 3.8) is 0 Å². The van der Waals surface area contributed by atoms with Gasteiger partial charge >= 0.3 is 0 Å². The summed E-state index contributed by atoms with van der Waals surface area (Å²) < 4.78 is 5.92. The second kappa shape index (κ2) is 7.08. The van der Waals surface area contributed by atoms with E-state index in [0.717, 1.165) is 41.6 Å². The zero-order valence-electron chi connectivity index (χ0n) is 19.9. The third kappa shape index (κ3) is 3.51. The molecule has 2 saturated heterocycles. The number of piperidine rings is 2. The Labute approximate surface area is 182 Å². The van der Waals surface area contributed by atoms with Crippen molar-refractivity contribution in [2.75, 3.05) is 6.54 Å². The highest BCUT2D eigenvalue weighted by Crippen LogP contribution is 2.45. The Morgan fingerprint density at radius 3 is 2.33 bits per heavy atom. The Hall–Kier alpha value is -1.35. The quantitative estimate of drug-likeness (QED) is 0.566. The number of benzene rings is 1. The van der Waals surface area contributed by atoms with Crippen LogP contribution in [0.5, 0.6) is 0 Å². The van der Waals surface area contributed by atoms with E-state index >= 15 is 0 Å². The number of hydrogen-bond acceptors (Lipinski definition) is 3. The first-order valence-corrected chi connectivity index (χ1v) is 12.3. The van der Waals surface area contributed by atoms with E-state index in [0.29, 0.717) is 5.41 Å². The maximum absolute atomic E-state index is 5.92. The smallest absolute Gasteiger partial charge is 0.170 e. The number of aromatic nitrogens is 1. The van der Waals surface area contributed by atoms with Gasteiger partial charge in [0.15, 0.2) is 5.58 Å². The predicted octanol–water partition coefficient (Wildman–Crippen LogP) is 6.52. The Bertz CT molecular complexity index is 915. The molecule has 2 unspecified atom stereocenters. The summed E-state index contributed by atoms with van der Waals surface area (Å²) in [6.45, 7) is 15.3. The van der Waals surface area contributed by atoms with Crippen LogP contribution in [0.4, 0.5) is 0 Å². The molecule has 0 N–H and O–H groups in total. The van der Waals surface area contributed by atoms with E-state index in [2.05, 4.69) is 63.7 Å². The molecule has 3 atom stereocenters. The second-order valence-corrected chi connectivity index (χ2v) is 12.6. The van der Waals surface area contributed by atoms with Crippen molar-refractivity contribution < 1.29 is 4.52 Å². The lowest BCUT2D eigenvalue weighted by molar-refractivity contribution is -0.0240. The normalized spacial score (nSPS) is 30.1. The highest BCUT2D eigenvalue weighted by molar-refractivity contribution is 5.85. The second-order valence-electron chi connectivity index (χ2n) is 12.6. The minimum absolute atomic E-state index is 0.0202. The molecule has 2 bridgehead atoms. The summed E-state index contributed by atoms with van der Waals surface area (Å²) >= 11 is 0. The molecule has 3 aliphatic rings. The van der Waals surface area contributed by atoms with Gasteiger partial charge in [-0.3, -0.25) is 4.90 Å². The Balaban J connectivity index is 1.34. The van der Waals surface area contributed by atoms with Gasteiger partial charge in [-0.1, -0.05) is 59.2 Å². The number of nitrogens with zero attached hydrogens (tertiary/aromatic N) is 2. The minimum atomic E-state index is 0.0202. The molecule has 1 aromatic heterocycles. The fourth-order valence-corrected chi connectivity index (χ4v) is 6.64.